The predicted octanol–water partition coefficient (Wildman–Crippen LogP) is 16.5. The Morgan fingerprint density at radius 1 is 0.370 bits per heavy atom. The standard InChI is InChI=1S/C50H68N2S2/c1-3-5-7-9-11-13-15-17-19-21-39-53-47-31-27-43(28-32-47)23-25-45-35-37-51-49(41-45)50-42-46(36-38-52-50)26-24-44-29-33-48(34-30-44)54-40-22-20-18-16-14-12-10-8-6-4-2/h23-38,41-42H,3-22,39-40H2,1-2H3/b25-23+,26-24+. The fraction of sp³-hybridized carbons (Fsp3) is 0.480. The van der Waals surface area contributed by atoms with Gasteiger partial charge in [0.2, 0.25) is 0 Å². The second-order valence-corrected chi connectivity index (χ2v) is 17.2. The minimum absolute atomic E-state index is 0.884. The van der Waals surface area contributed by atoms with Crippen LogP contribution in [0.2, 0.25) is 0 Å². The zero-order valence-corrected chi connectivity index (χ0v) is 35.3. The molecule has 0 aliphatic heterocycles. The van der Waals surface area contributed by atoms with Crippen molar-refractivity contribution in [2.45, 2.75) is 152 Å². The van der Waals surface area contributed by atoms with Crippen molar-refractivity contribution in [1.29, 1.82) is 0 Å². The van der Waals surface area contributed by atoms with E-state index < -0.39 is 0 Å². The molecule has 0 N–H and O–H groups in total. The summed E-state index contributed by atoms with van der Waals surface area (Å²) in [5.74, 6) is 2.42. The van der Waals surface area contributed by atoms with E-state index in [1.807, 2.05) is 35.9 Å². The molecule has 0 saturated carbocycles. The maximum atomic E-state index is 4.65. The predicted molar refractivity (Wildman–Crippen MR) is 243 cm³/mol. The van der Waals surface area contributed by atoms with Gasteiger partial charge in [0.15, 0.2) is 0 Å². The van der Waals surface area contributed by atoms with Crippen LogP contribution < -0.4 is 0 Å². The molecule has 0 radical (unpaired) electrons. The first-order valence-corrected chi connectivity index (χ1v) is 23.4. The Bertz CT molecular complexity index is 1470. The van der Waals surface area contributed by atoms with Crippen LogP contribution in [0.1, 0.15) is 165 Å². The molecule has 0 bridgehead atoms. The SMILES string of the molecule is CCCCCCCCCCCCSc1ccc(/C=C/c2ccnc(-c3cc(/C=C/c4ccc(SCCCCCCCCCCCC)cc4)ccn3)c2)cc1. The third-order valence-electron chi connectivity index (χ3n) is 10.1. The lowest BCUT2D eigenvalue weighted by Gasteiger charge is -2.04. The molecule has 4 rings (SSSR count). The van der Waals surface area contributed by atoms with Crippen molar-refractivity contribution < 1.29 is 0 Å². The number of thioether (sulfide) groups is 2. The smallest absolute Gasteiger partial charge is 0.0892 e. The van der Waals surface area contributed by atoms with Gasteiger partial charge < -0.3 is 0 Å². The average Bonchev–Trinajstić information content (AvgIpc) is 3.21. The molecule has 54 heavy (non-hydrogen) atoms. The number of nitrogens with zero attached hydrogens (tertiary/aromatic N) is 2. The van der Waals surface area contributed by atoms with E-state index in [1.54, 1.807) is 0 Å². The molecule has 0 atom stereocenters. The second-order valence-electron chi connectivity index (χ2n) is 14.8. The zero-order valence-electron chi connectivity index (χ0n) is 33.7. The summed E-state index contributed by atoms with van der Waals surface area (Å²) in [4.78, 5) is 12.0. The van der Waals surface area contributed by atoms with Crippen LogP contribution in [-0.4, -0.2) is 21.5 Å². The largest absolute Gasteiger partial charge is 0.255 e. The summed E-state index contributed by atoms with van der Waals surface area (Å²) in [6.07, 6.45) is 40.3. The van der Waals surface area contributed by atoms with Gasteiger partial charge in [0.25, 0.3) is 0 Å². The third kappa shape index (κ3) is 19.0. The van der Waals surface area contributed by atoms with Crippen molar-refractivity contribution in [2.24, 2.45) is 0 Å². The van der Waals surface area contributed by atoms with E-state index in [-0.39, 0.29) is 0 Å². The van der Waals surface area contributed by atoms with E-state index in [4.69, 9.17) is 0 Å². The lowest BCUT2D eigenvalue weighted by Crippen LogP contribution is -1.88. The number of rotatable bonds is 29. The lowest BCUT2D eigenvalue weighted by molar-refractivity contribution is 0.563. The Morgan fingerprint density at radius 3 is 1.04 bits per heavy atom. The molecule has 2 aromatic carbocycles. The van der Waals surface area contributed by atoms with E-state index in [9.17, 15) is 0 Å². The summed E-state index contributed by atoms with van der Waals surface area (Å²) in [7, 11) is 0. The number of aromatic nitrogens is 2. The number of pyridine rings is 2. The Labute approximate surface area is 338 Å². The molecule has 0 aliphatic rings. The molecule has 290 valence electrons. The van der Waals surface area contributed by atoms with Gasteiger partial charge >= 0.3 is 0 Å². The van der Waals surface area contributed by atoms with Gasteiger partial charge in [-0.2, -0.15) is 0 Å². The van der Waals surface area contributed by atoms with Gasteiger partial charge in [0, 0.05) is 22.2 Å². The van der Waals surface area contributed by atoms with E-state index in [1.165, 1.54) is 161 Å². The highest BCUT2D eigenvalue weighted by Crippen LogP contribution is 2.24. The molecular weight excluding hydrogens is 693 g/mol. The van der Waals surface area contributed by atoms with Gasteiger partial charge in [-0.25, -0.2) is 0 Å². The molecule has 0 saturated heterocycles. The van der Waals surface area contributed by atoms with Crippen molar-refractivity contribution in [3.63, 3.8) is 0 Å². The first-order valence-electron chi connectivity index (χ1n) is 21.5. The number of hydrogen-bond acceptors (Lipinski definition) is 4. The van der Waals surface area contributed by atoms with Gasteiger partial charge in [-0.1, -0.05) is 178 Å². The summed E-state index contributed by atoms with van der Waals surface area (Å²) >= 11 is 3.97. The van der Waals surface area contributed by atoms with Gasteiger partial charge in [-0.15, -0.1) is 23.5 Å². The Hall–Kier alpha value is -3.08. The molecular formula is C50H68N2S2. The molecule has 2 nitrogen and oxygen atoms in total. The normalized spacial score (nSPS) is 11.7. The number of benzene rings is 2. The van der Waals surface area contributed by atoms with Gasteiger partial charge in [0.1, 0.15) is 0 Å². The van der Waals surface area contributed by atoms with E-state index in [0.29, 0.717) is 0 Å². The first kappa shape index (κ1) is 43.6. The molecule has 0 fully saturated rings. The molecule has 2 heterocycles. The maximum absolute atomic E-state index is 4.65. The van der Waals surface area contributed by atoms with Crippen molar-refractivity contribution in [3.05, 3.63) is 107 Å². The Morgan fingerprint density at radius 2 is 0.685 bits per heavy atom. The summed E-state index contributed by atoms with van der Waals surface area (Å²) in [5, 5.41) is 0. The highest BCUT2D eigenvalue weighted by molar-refractivity contribution is 7.99. The minimum Gasteiger partial charge on any atom is -0.255 e. The first-order chi connectivity index (χ1) is 26.7. The quantitative estimate of drug-likeness (QED) is 0.0407. The molecule has 0 aliphatic carbocycles. The van der Waals surface area contributed by atoms with Crippen molar-refractivity contribution >= 4 is 47.8 Å². The molecule has 0 amide bonds. The lowest BCUT2D eigenvalue weighted by atomic mass is 10.1. The topological polar surface area (TPSA) is 25.8 Å². The zero-order chi connectivity index (χ0) is 37.7. The molecule has 0 spiro atoms. The van der Waals surface area contributed by atoms with Crippen molar-refractivity contribution in [3.8, 4) is 11.4 Å². The third-order valence-corrected chi connectivity index (χ3v) is 12.3. The fourth-order valence-corrected chi connectivity index (χ4v) is 8.50. The van der Waals surface area contributed by atoms with Crippen LogP contribution >= 0.6 is 23.5 Å². The van der Waals surface area contributed by atoms with E-state index in [0.717, 1.165) is 22.5 Å². The summed E-state index contributed by atoms with van der Waals surface area (Å²) in [6, 6.07) is 26.3. The van der Waals surface area contributed by atoms with Gasteiger partial charge in [-0.05, 0) is 95.1 Å². The Balaban J connectivity index is 1.15. The number of hydrogen-bond donors (Lipinski definition) is 0. The average molecular weight is 761 g/mol. The summed E-state index contributed by atoms with van der Waals surface area (Å²) in [5.41, 5.74) is 6.43. The second kappa shape index (κ2) is 28.3. The van der Waals surface area contributed by atoms with Crippen LogP contribution in [0.15, 0.2) is 95.0 Å². The van der Waals surface area contributed by atoms with Crippen LogP contribution in [0.3, 0.4) is 0 Å². The molecule has 4 aromatic rings. The van der Waals surface area contributed by atoms with Crippen molar-refractivity contribution in [2.75, 3.05) is 11.5 Å². The van der Waals surface area contributed by atoms with Crippen LogP contribution in [-0.2, 0) is 0 Å². The summed E-state index contributed by atoms with van der Waals surface area (Å²) < 4.78 is 0. The van der Waals surface area contributed by atoms with Gasteiger partial charge in [0.05, 0.1) is 11.4 Å². The van der Waals surface area contributed by atoms with E-state index >= 15 is 0 Å². The van der Waals surface area contributed by atoms with Gasteiger partial charge in [-0.3, -0.25) is 9.97 Å². The molecule has 4 heteroatoms. The van der Waals surface area contributed by atoms with Crippen LogP contribution in [0.25, 0.3) is 35.7 Å². The maximum Gasteiger partial charge on any atom is 0.0892 e. The highest BCUT2D eigenvalue weighted by Gasteiger charge is 2.03. The summed E-state index contributed by atoms with van der Waals surface area (Å²) in [6.45, 7) is 4.58. The van der Waals surface area contributed by atoms with Crippen molar-refractivity contribution in [1.82, 2.24) is 9.97 Å². The Kier molecular flexibility index (Phi) is 22.9. The minimum atomic E-state index is 0.884. The fourth-order valence-electron chi connectivity index (χ4n) is 6.68. The van der Waals surface area contributed by atoms with E-state index in [2.05, 4.69) is 121 Å². The molecule has 2 aromatic heterocycles. The van der Waals surface area contributed by atoms with Crippen LogP contribution in [0, 0.1) is 0 Å². The van der Waals surface area contributed by atoms with Crippen LogP contribution in [0.5, 0.6) is 0 Å². The molecule has 0 unspecified atom stereocenters. The number of unbranched alkanes of at least 4 members (excludes halogenated alkanes) is 18. The van der Waals surface area contributed by atoms with Crippen LogP contribution in [0.4, 0.5) is 0 Å². The monoisotopic (exact) mass is 760 g/mol. The highest BCUT2D eigenvalue weighted by atomic mass is 32.2.